The fraction of sp³-hybridized carbons (Fsp3) is 0.576. The molecule has 13 heteroatoms. The highest BCUT2D eigenvalue weighted by atomic mass is 16.5. The number of nitrogens with one attached hydrogen (secondary N) is 2. The lowest BCUT2D eigenvalue weighted by Gasteiger charge is -2.42. The van der Waals surface area contributed by atoms with E-state index in [1.807, 2.05) is 13.0 Å². The van der Waals surface area contributed by atoms with Gasteiger partial charge in [0.15, 0.2) is 12.2 Å². The smallest absolute Gasteiger partial charge is 0.270 e. The number of carbonyl (C=O) groups is 1. The normalized spacial score (nSPS) is 18.5. The number of aliphatic hydroxyl groups excluding tert-OH is 1. The van der Waals surface area contributed by atoms with Crippen LogP contribution in [0.5, 0.6) is 5.75 Å². The van der Waals surface area contributed by atoms with Gasteiger partial charge in [-0.25, -0.2) is 9.97 Å². The molecule has 3 aliphatic heterocycles. The minimum absolute atomic E-state index is 0.0983. The lowest BCUT2D eigenvalue weighted by Crippen LogP contribution is -2.53. The number of benzene rings is 1. The minimum Gasteiger partial charge on any atom is -0.486 e. The molecule has 46 heavy (non-hydrogen) atoms. The molecule has 0 bridgehead atoms. The van der Waals surface area contributed by atoms with E-state index >= 15 is 0 Å². The molecular weight excluding hydrogens is 588 g/mol. The van der Waals surface area contributed by atoms with Gasteiger partial charge >= 0.3 is 0 Å². The van der Waals surface area contributed by atoms with Crippen molar-refractivity contribution in [3.8, 4) is 5.75 Å². The van der Waals surface area contributed by atoms with Gasteiger partial charge in [-0.1, -0.05) is 6.07 Å². The molecule has 1 aromatic carbocycles. The van der Waals surface area contributed by atoms with Gasteiger partial charge in [-0.3, -0.25) is 14.6 Å². The third-order valence-corrected chi connectivity index (χ3v) is 8.90. The first kappa shape index (κ1) is 32.2. The number of hydrogen-bond acceptors (Lipinski definition) is 12. The average molecular weight is 635 g/mol. The Kier molecular flexibility index (Phi) is 9.73. The van der Waals surface area contributed by atoms with E-state index < -0.39 is 6.10 Å². The number of β-amino-alcohol motifs (C(OH)–C–C–N with tert-alkyl or cyclic N) is 1. The van der Waals surface area contributed by atoms with Crippen molar-refractivity contribution in [3.63, 3.8) is 0 Å². The number of fused-ring (bicyclic) bond motifs is 1. The average Bonchev–Trinajstić information content (AvgIpc) is 3.44. The summed E-state index contributed by atoms with van der Waals surface area (Å²) in [6.45, 7) is 15.6. The first-order valence-electron chi connectivity index (χ1n) is 16.2. The quantitative estimate of drug-likeness (QED) is 0.285. The number of aliphatic hydroxyl groups is 1. The maximum Gasteiger partial charge on any atom is 0.270 e. The number of ether oxygens (including phenoxy) is 2. The number of nitrogens with zero attached hydrogens (tertiary/aromatic N) is 6. The SMILES string of the molecule is Cc1ncoc1COc1ccc2c(c1)CCN(C[C@@H](O)CNC(=O)c1cc(NC3COC3)nc(N3CCN(C(C)(C)C)CC3)n1)C2. The summed E-state index contributed by atoms with van der Waals surface area (Å²) in [5.74, 6) is 2.33. The largest absolute Gasteiger partial charge is 0.486 e. The Labute approximate surface area is 270 Å². The summed E-state index contributed by atoms with van der Waals surface area (Å²) in [7, 11) is 0. The monoisotopic (exact) mass is 634 g/mol. The molecule has 1 amide bonds. The van der Waals surface area contributed by atoms with Crippen LogP contribution < -0.4 is 20.3 Å². The number of aryl methyl sites for hydroxylation is 1. The summed E-state index contributed by atoms with van der Waals surface area (Å²) in [5, 5.41) is 17.1. The van der Waals surface area contributed by atoms with Crippen molar-refractivity contribution in [2.45, 2.75) is 65.0 Å². The van der Waals surface area contributed by atoms with Gasteiger partial charge in [-0.2, -0.15) is 4.98 Å². The maximum atomic E-state index is 13.3. The molecule has 0 radical (unpaired) electrons. The first-order chi connectivity index (χ1) is 22.1. The van der Waals surface area contributed by atoms with Crippen LogP contribution in [0.4, 0.5) is 11.8 Å². The fourth-order valence-corrected chi connectivity index (χ4v) is 5.98. The van der Waals surface area contributed by atoms with Crippen LogP contribution in [-0.2, 0) is 24.3 Å². The molecule has 2 fully saturated rings. The van der Waals surface area contributed by atoms with Gasteiger partial charge in [0.1, 0.15) is 23.9 Å². The molecular formula is C33H46N8O5. The highest BCUT2D eigenvalue weighted by Gasteiger charge is 2.28. The van der Waals surface area contributed by atoms with Crippen LogP contribution in [0.1, 0.15) is 53.8 Å². The summed E-state index contributed by atoms with van der Waals surface area (Å²) in [4.78, 5) is 33.6. The van der Waals surface area contributed by atoms with Crippen LogP contribution in [0.15, 0.2) is 35.1 Å². The number of oxazole rings is 1. The fourth-order valence-electron chi connectivity index (χ4n) is 5.98. The summed E-state index contributed by atoms with van der Waals surface area (Å²) < 4.78 is 16.6. The van der Waals surface area contributed by atoms with Gasteiger partial charge in [0, 0.05) is 64.0 Å². The zero-order chi connectivity index (χ0) is 32.3. The third kappa shape index (κ3) is 7.95. The number of aromatic nitrogens is 3. The maximum absolute atomic E-state index is 13.3. The third-order valence-electron chi connectivity index (χ3n) is 8.90. The Morgan fingerprint density at radius 2 is 1.91 bits per heavy atom. The van der Waals surface area contributed by atoms with Gasteiger partial charge < -0.3 is 34.5 Å². The van der Waals surface area contributed by atoms with Gasteiger partial charge in [-0.05, 0) is 57.4 Å². The predicted octanol–water partition coefficient (Wildman–Crippen LogP) is 2.23. The van der Waals surface area contributed by atoms with E-state index in [0.29, 0.717) is 38.1 Å². The van der Waals surface area contributed by atoms with Crippen molar-refractivity contribution >= 4 is 17.7 Å². The molecule has 0 saturated carbocycles. The van der Waals surface area contributed by atoms with Crippen LogP contribution in [0.3, 0.4) is 0 Å². The number of piperazine rings is 1. The molecule has 0 aliphatic carbocycles. The molecule has 5 heterocycles. The molecule has 1 atom stereocenters. The summed E-state index contributed by atoms with van der Waals surface area (Å²) in [6, 6.07) is 7.97. The van der Waals surface area contributed by atoms with Crippen LogP contribution in [0.25, 0.3) is 0 Å². The lowest BCUT2D eigenvalue weighted by atomic mass is 9.99. The van der Waals surface area contributed by atoms with Crippen LogP contribution in [0.2, 0.25) is 0 Å². The Bertz CT molecular complexity index is 1500. The summed E-state index contributed by atoms with van der Waals surface area (Å²) in [5.41, 5.74) is 3.65. The van der Waals surface area contributed by atoms with E-state index in [0.717, 1.165) is 62.9 Å². The molecule has 0 unspecified atom stereocenters. The Morgan fingerprint density at radius 3 is 2.61 bits per heavy atom. The predicted molar refractivity (Wildman–Crippen MR) is 173 cm³/mol. The van der Waals surface area contributed by atoms with Crippen LogP contribution >= 0.6 is 0 Å². The second-order valence-corrected chi connectivity index (χ2v) is 13.4. The highest BCUT2D eigenvalue weighted by Crippen LogP contribution is 2.25. The second-order valence-electron chi connectivity index (χ2n) is 13.4. The zero-order valence-corrected chi connectivity index (χ0v) is 27.3. The van der Waals surface area contributed by atoms with Crippen molar-refractivity contribution in [1.82, 2.24) is 30.1 Å². The zero-order valence-electron chi connectivity index (χ0n) is 27.3. The molecule has 3 aromatic rings. The van der Waals surface area contributed by atoms with Crippen molar-refractivity contribution in [1.29, 1.82) is 0 Å². The van der Waals surface area contributed by atoms with Gasteiger partial charge in [0.05, 0.1) is 31.1 Å². The van der Waals surface area contributed by atoms with E-state index in [4.69, 9.17) is 18.9 Å². The number of rotatable bonds is 11. The van der Waals surface area contributed by atoms with Crippen molar-refractivity contribution < 1.29 is 23.8 Å². The topological polar surface area (TPSA) is 141 Å². The van der Waals surface area contributed by atoms with Crippen molar-refractivity contribution in [2.24, 2.45) is 0 Å². The van der Waals surface area contributed by atoms with E-state index in [2.05, 4.69) is 68.2 Å². The minimum atomic E-state index is -0.727. The molecule has 13 nitrogen and oxygen atoms in total. The number of hydrogen-bond donors (Lipinski definition) is 3. The Hall–Kier alpha value is -3.78. The number of amides is 1. The van der Waals surface area contributed by atoms with Gasteiger partial charge in [-0.15, -0.1) is 0 Å². The standard InChI is InChI=1S/C33H46N8O5/c1-22-29(46-21-35-22)20-45-27-6-5-24-16-39(8-7-23(24)13-27)17-26(42)15-34-31(43)28-14-30(36-25-18-44-19-25)38-32(37-28)40-9-11-41(12-10-40)33(2,3)4/h5-6,13-14,21,25-26,42H,7-12,15-20H2,1-4H3,(H,34,43)(H,36,37,38)/t26-/m0/s1. The van der Waals surface area contributed by atoms with Crippen molar-refractivity contribution in [2.75, 3.05) is 69.2 Å². The van der Waals surface area contributed by atoms with Crippen molar-refractivity contribution in [3.05, 3.63) is 58.9 Å². The van der Waals surface area contributed by atoms with Crippen LogP contribution in [0, 0.1) is 6.92 Å². The Balaban J connectivity index is 1.02. The molecule has 2 aromatic heterocycles. The molecule has 248 valence electrons. The molecule has 0 spiro atoms. The van der Waals surface area contributed by atoms with E-state index in [1.54, 1.807) is 6.07 Å². The van der Waals surface area contributed by atoms with E-state index in [1.165, 1.54) is 17.5 Å². The summed E-state index contributed by atoms with van der Waals surface area (Å²) >= 11 is 0. The molecule has 6 rings (SSSR count). The van der Waals surface area contributed by atoms with E-state index in [-0.39, 0.29) is 29.7 Å². The summed E-state index contributed by atoms with van der Waals surface area (Å²) in [6.07, 6.45) is 1.55. The highest BCUT2D eigenvalue weighted by molar-refractivity contribution is 5.93. The molecule has 2 saturated heterocycles. The van der Waals surface area contributed by atoms with Gasteiger partial charge in [0.25, 0.3) is 5.91 Å². The van der Waals surface area contributed by atoms with Crippen LogP contribution in [-0.4, -0.2) is 112 Å². The molecule has 3 aliphatic rings. The molecule has 3 N–H and O–H groups in total. The van der Waals surface area contributed by atoms with E-state index in [9.17, 15) is 9.90 Å². The lowest BCUT2D eigenvalue weighted by molar-refractivity contribution is 0.0209. The number of anilines is 2. The first-order valence-corrected chi connectivity index (χ1v) is 16.2. The number of carbonyl (C=O) groups excluding carboxylic acids is 1. The van der Waals surface area contributed by atoms with Gasteiger partial charge in [0.2, 0.25) is 5.95 Å². The Morgan fingerprint density at radius 1 is 1.11 bits per heavy atom. The second kappa shape index (κ2) is 13.9.